The Morgan fingerprint density at radius 1 is 1.57 bits per heavy atom. The highest BCUT2D eigenvalue weighted by Gasteiger charge is 2.05. The predicted octanol–water partition coefficient (Wildman–Crippen LogP) is 2.94. The molecule has 2 nitrogen and oxygen atoms in total. The number of ether oxygens (including phenoxy) is 1. The SMILES string of the molecule is CCCC(P)c1cccc(OC=O)c1. The summed E-state index contributed by atoms with van der Waals surface area (Å²) < 4.78 is 4.78. The molecule has 0 aromatic heterocycles. The van der Waals surface area contributed by atoms with Gasteiger partial charge in [0.05, 0.1) is 0 Å². The van der Waals surface area contributed by atoms with Gasteiger partial charge in [-0.2, -0.15) is 0 Å². The van der Waals surface area contributed by atoms with Gasteiger partial charge in [-0.3, -0.25) is 4.79 Å². The Balaban J connectivity index is 2.76. The quantitative estimate of drug-likeness (QED) is 0.551. The van der Waals surface area contributed by atoms with Crippen molar-refractivity contribution in [1.82, 2.24) is 0 Å². The Bertz CT molecular complexity index is 299. The summed E-state index contributed by atoms with van der Waals surface area (Å²) in [4.78, 5) is 10.2. The summed E-state index contributed by atoms with van der Waals surface area (Å²) in [5, 5.41) is 0. The lowest BCUT2D eigenvalue weighted by atomic mass is 10.1. The molecule has 0 radical (unpaired) electrons. The van der Waals surface area contributed by atoms with Gasteiger partial charge in [0.1, 0.15) is 5.75 Å². The highest BCUT2D eigenvalue weighted by Crippen LogP contribution is 2.29. The molecule has 0 saturated carbocycles. The first-order chi connectivity index (χ1) is 6.77. The normalized spacial score (nSPS) is 12.1. The Kier molecular flexibility index (Phi) is 4.61. The van der Waals surface area contributed by atoms with Gasteiger partial charge in [0, 0.05) is 0 Å². The third-order valence-corrected chi connectivity index (χ3v) is 2.79. The highest BCUT2D eigenvalue weighted by molar-refractivity contribution is 7.17. The van der Waals surface area contributed by atoms with Crippen molar-refractivity contribution in [2.24, 2.45) is 0 Å². The second-order valence-corrected chi connectivity index (χ2v) is 3.99. The molecule has 1 aromatic rings. The van der Waals surface area contributed by atoms with Crippen LogP contribution in [-0.4, -0.2) is 6.47 Å². The molecule has 0 aliphatic heterocycles. The van der Waals surface area contributed by atoms with Crippen molar-refractivity contribution in [1.29, 1.82) is 0 Å². The molecule has 0 heterocycles. The van der Waals surface area contributed by atoms with Gasteiger partial charge in [0.25, 0.3) is 6.47 Å². The van der Waals surface area contributed by atoms with E-state index in [1.807, 2.05) is 18.2 Å². The van der Waals surface area contributed by atoms with Crippen LogP contribution in [0.3, 0.4) is 0 Å². The third-order valence-electron chi connectivity index (χ3n) is 2.07. The summed E-state index contributed by atoms with van der Waals surface area (Å²) in [7, 11) is 2.81. The van der Waals surface area contributed by atoms with E-state index in [-0.39, 0.29) is 0 Å². The van der Waals surface area contributed by atoms with Crippen LogP contribution in [0.5, 0.6) is 5.75 Å². The van der Waals surface area contributed by atoms with Crippen molar-refractivity contribution < 1.29 is 9.53 Å². The fourth-order valence-electron chi connectivity index (χ4n) is 1.35. The zero-order valence-electron chi connectivity index (χ0n) is 8.27. The molecular weight excluding hydrogens is 195 g/mol. The van der Waals surface area contributed by atoms with Gasteiger partial charge in [0.2, 0.25) is 0 Å². The van der Waals surface area contributed by atoms with Crippen LogP contribution in [0.1, 0.15) is 31.0 Å². The van der Waals surface area contributed by atoms with Crippen LogP contribution < -0.4 is 4.74 Å². The molecular formula is C11H15O2P. The van der Waals surface area contributed by atoms with E-state index in [0.717, 1.165) is 12.8 Å². The van der Waals surface area contributed by atoms with Crippen molar-refractivity contribution in [3.63, 3.8) is 0 Å². The number of carbonyl (C=O) groups is 1. The fraction of sp³-hybridized carbons (Fsp3) is 0.364. The van der Waals surface area contributed by atoms with Crippen molar-refractivity contribution in [3.8, 4) is 5.75 Å². The molecule has 2 unspecified atom stereocenters. The standard InChI is InChI=1S/C11H15O2P/c1-2-4-11(14)9-5-3-6-10(7-9)13-8-12/h3,5-8,11H,2,4,14H2,1H3. The Morgan fingerprint density at radius 3 is 3.00 bits per heavy atom. The van der Waals surface area contributed by atoms with E-state index in [0.29, 0.717) is 17.9 Å². The maximum Gasteiger partial charge on any atom is 0.298 e. The van der Waals surface area contributed by atoms with Gasteiger partial charge in [-0.25, -0.2) is 0 Å². The van der Waals surface area contributed by atoms with E-state index in [1.165, 1.54) is 5.56 Å². The minimum atomic E-state index is 0.440. The van der Waals surface area contributed by atoms with Crippen LogP contribution in [0.4, 0.5) is 0 Å². The lowest BCUT2D eigenvalue weighted by molar-refractivity contribution is -0.120. The highest BCUT2D eigenvalue weighted by atomic mass is 31.0. The monoisotopic (exact) mass is 210 g/mol. The summed E-state index contributed by atoms with van der Waals surface area (Å²) >= 11 is 0. The molecule has 0 aliphatic rings. The second kappa shape index (κ2) is 5.77. The molecule has 1 rings (SSSR count). The first kappa shape index (κ1) is 11.2. The lowest BCUT2D eigenvalue weighted by Gasteiger charge is -2.10. The van der Waals surface area contributed by atoms with Crippen molar-refractivity contribution in [2.45, 2.75) is 25.4 Å². The molecule has 0 bridgehead atoms. The van der Waals surface area contributed by atoms with Crippen LogP contribution >= 0.6 is 9.24 Å². The largest absolute Gasteiger partial charge is 0.429 e. The number of hydrogen-bond donors (Lipinski definition) is 0. The van der Waals surface area contributed by atoms with Crippen molar-refractivity contribution in [3.05, 3.63) is 29.8 Å². The molecule has 0 spiro atoms. The summed E-state index contributed by atoms with van der Waals surface area (Å²) in [6.07, 6.45) is 2.27. The van der Waals surface area contributed by atoms with E-state index < -0.39 is 0 Å². The molecule has 76 valence electrons. The van der Waals surface area contributed by atoms with E-state index in [9.17, 15) is 4.79 Å². The van der Waals surface area contributed by atoms with Crippen LogP contribution in [0, 0.1) is 0 Å². The first-order valence-electron chi connectivity index (χ1n) is 4.73. The molecule has 0 aliphatic carbocycles. The molecule has 3 heteroatoms. The van der Waals surface area contributed by atoms with E-state index in [2.05, 4.69) is 16.2 Å². The Labute approximate surface area is 86.9 Å². The third kappa shape index (κ3) is 3.12. The van der Waals surface area contributed by atoms with E-state index >= 15 is 0 Å². The van der Waals surface area contributed by atoms with Crippen molar-refractivity contribution >= 4 is 15.7 Å². The van der Waals surface area contributed by atoms with Gasteiger partial charge in [-0.15, -0.1) is 9.24 Å². The molecule has 0 fully saturated rings. The van der Waals surface area contributed by atoms with Gasteiger partial charge in [-0.05, 0) is 29.8 Å². The summed E-state index contributed by atoms with van der Waals surface area (Å²) in [5.41, 5.74) is 1.63. The maximum atomic E-state index is 10.2. The van der Waals surface area contributed by atoms with Gasteiger partial charge in [0.15, 0.2) is 0 Å². The average Bonchev–Trinajstić information content (AvgIpc) is 2.19. The first-order valence-corrected chi connectivity index (χ1v) is 5.40. The van der Waals surface area contributed by atoms with Gasteiger partial charge < -0.3 is 4.74 Å². The number of rotatable bonds is 5. The molecule has 0 saturated heterocycles. The predicted molar refractivity (Wildman–Crippen MR) is 60.5 cm³/mol. The fourth-order valence-corrected chi connectivity index (χ4v) is 1.89. The summed E-state index contributed by atoms with van der Waals surface area (Å²) in [6, 6.07) is 7.63. The van der Waals surface area contributed by atoms with Crippen LogP contribution in [0.25, 0.3) is 0 Å². The lowest BCUT2D eigenvalue weighted by Crippen LogP contribution is -1.92. The van der Waals surface area contributed by atoms with Crippen LogP contribution in [-0.2, 0) is 4.79 Å². The summed E-state index contributed by atoms with van der Waals surface area (Å²) in [5.74, 6) is 0.612. The zero-order valence-corrected chi connectivity index (χ0v) is 9.43. The molecule has 14 heavy (non-hydrogen) atoms. The number of hydrogen-bond acceptors (Lipinski definition) is 2. The van der Waals surface area contributed by atoms with E-state index in [4.69, 9.17) is 4.74 Å². The minimum Gasteiger partial charge on any atom is -0.429 e. The van der Waals surface area contributed by atoms with Crippen LogP contribution in [0.15, 0.2) is 24.3 Å². The van der Waals surface area contributed by atoms with Crippen LogP contribution in [0.2, 0.25) is 0 Å². The minimum absolute atomic E-state index is 0.440. The number of carbonyl (C=O) groups excluding carboxylic acids is 1. The Morgan fingerprint density at radius 2 is 2.36 bits per heavy atom. The smallest absolute Gasteiger partial charge is 0.298 e. The zero-order chi connectivity index (χ0) is 10.4. The molecule has 0 N–H and O–H groups in total. The molecule has 0 amide bonds. The topological polar surface area (TPSA) is 26.3 Å². The van der Waals surface area contributed by atoms with Gasteiger partial charge >= 0.3 is 0 Å². The van der Waals surface area contributed by atoms with E-state index in [1.54, 1.807) is 6.07 Å². The second-order valence-electron chi connectivity index (χ2n) is 3.18. The molecule has 2 atom stereocenters. The maximum absolute atomic E-state index is 10.2. The molecule has 1 aromatic carbocycles. The Hall–Kier alpha value is -0.880. The van der Waals surface area contributed by atoms with Gasteiger partial charge in [-0.1, -0.05) is 25.5 Å². The average molecular weight is 210 g/mol. The summed E-state index contributed by atoms with van der Waals surface area (Å²) in [6.45, 7) is 2.61. The van der Waals surface area contributed by atoms with Crippen molar-refractivity contribution in [2.75, 3.05) is 0 Å². The number of benzene rings is 1.